The predicted molar refractivity (Wildman–Crippen MR) is 76.8 cm³/mol. The van der Waals surface area contributed by atoms with Gasteiger partial charge in [-0.3, -0.25) is 9.48 Å². The molecule has 1 aliphatic carbocycles. The first-order chi connectivity index (χ1) is 10.2. The maximum absolute atomic E-state index is 11.8. The van der Waals surface area contributed by atoms with Gasteiger partial charge in [0.25, 0.3) is 0 Å². The third-order valence-electron chi connectivity index (χ3n) is 3.81. The van der Waals surface area contributed by atoms with Crippen LogP contribution in [0.3, 0.4) is 0 Å². The molecule has 2 unspecified atom stereocenters. The van der Waals surface area contributed by atoms with Gasteiger partial charge < -0.3 is 15.7 Å². The largest absolute Gasteiger partial charge is 0.481 e. The molecule has 2 rings (SSSR count). The lowest BCUT2D eigenvalue weighted by molar-refractivity contribution is -0.143. The van der Waals surface area contributed by atoms with Crippen molar-refractivity contribution in [2.45, 2.75) is 44.7 Å². The molecule has 2 amide bonds. The van der Waals surface area contributed by atoms with Crippen LogP contribution in [0.4, 0.5) is 4.79 Å². The molecule has 1 aromatic rings. The third-order valence-corrected chi connectivity index (χ3v) is 3.81. The van der Waals surface area contributed by atoms with Gasteiger partial charge in [-0.15, -0.1) is 0 Å². The minimum absolute atomic E-state index is 0.262. The molecule has 1 heterocycles. The first kappa shape index (κ1) is 15.3. The van der Waals surface area contributed by atoms with E-state index in [4.69, 9.17) is 5.11 Å². The molecule has 0 spiro atoms. The number of nitrogens with zero attached hydrogens (tertiary/aromatic N) is 2. The maximum Gasteiger partial charge on any atom is 0.315 e. The van der Waals surface area contributed by atoms with Gasteiger partial charge in [0.15, 0.2) is 0 Å². The monoisotopic (exact) mass is 294 g/mol. The summed E-state index contributed by atoms with van der Waals surface area (Å²) in [6.45, 7) is 1.28. The zero-order valence-corrected chi connectivity index (χ0v) is 12.0. The van der Waals surface area contributed by atoms with Crippen molar-refractivity contribution in [3.63, 3.8) is 0 Å². The van der Waals surface area contributed by atoms with Gasteiger partial charge in [-0.2, -0.15) is 5.10 Å². The standard InChI is InChI=1S/C14H22N4O3/c19-13(20)11-5-1-2-6-12(11)17-14(21)15-7-3-9-18-10-4-8-16-18/h4,8,10-12H,1-3,5-7,9H2,(H,19,20)(H2,15,17,21). The smallest absolute Gasteiger partial charge is 0.315 e. The molecule has 1 saturated carbocycles. The summed E-state index contributed by atoms with van der Waals surface area (Å²) in [6, 6.07) is 1.31. The summed E-state index contributed by atoms with van der Waals surface area (Å²) >= 11 is 0. The fraction of sp³-hybridized carbons (Fsp3) is 0.643. The van der Waals surface area contributed by atoms with E-state index in [0.29, 0.717) is 13.0 Å². The Morgan fingerprint density at radius 1 is 1.33 bits per heavy atom. The van der Waals surface area contributed by atoms with Gasteiger partial charge in [0.1, 0.15) is 0 Å². The number of nitrogens with one attached hydrogen (secondary N) is 2. The Hall–Kier alpha value is -2.05. The Morgan fingerprint density at radius 2 is 2.14 bits per heavy atom. The highest BCUT2D eigenvalue weighted by Crippen LogP contribution is 2.24. The lowest BCUT2D eigenvalue weighted by atomic mass is 9.84. The molecule has 0 aromatic carbocycles. The first-order valence-electron chi connectivity index (χ1n) is 7.41. The van der Waals surface area contributed by atoms with Crippen LogP contribution in [0, 0.1) is 5.92 Å². The summed E-state index contributed by atoms with van der Waals surface area (Å²) in [5.41, 5.74) is 0. The normalized spacial score (nSPS) is 21.7. The van der Waals surface area contributed by atoms with Gasteiger partial charge in [-0.05, 0) is 25.3 Å². The van der Waals surface area contributed by atoms with E-state index in [1.807, 2.05) is 12.3 Å². The first-order valence-corrected chi connectivity index (χ1v) is 7.41. The number of amides is 2. The van der Waals surface area contributed by atoms with Gasteiger partial charge in [0.05, 0.1) is 5.92 Å². The van der Waals surface area contributed by atoms with Gasteiger partial charge >= 0.3 is 12.0 Å². The SMILES string of the molecule is O=C(NCCCn1cccn1)NC1CCCCC1C(=O)O. The van der Waals surface area contributed by atoms with Gasteiger partial charge in [0.2, 0.25) is 0 Å². The predicted octanol–water partition coefficient (Wildman–Crippen LogP) is 1.22. The molecule has 0 radical (unpaired) electrons. The number of hydrogen-bond donors (Lipinski definition) is 3. The molecule has 0 saturated heterocycles. The summed E-state index contributed by atoms with van der Waals surface area (Å²) < 4.78 is 1.81. The fourth-order valence-corrected chi connectivity index (χ4v) is 2.69. The number of carbonyl (C=O) groups is 2. The van der Waals surface area contributed by atoms with Crippen LogP contribution in [0.2, 0.25) is 0 Å². The zero-order chi connectivity index (χ0) is 15.1. The van der Waals surface area contributed by atoms with Crippen molar-refractivity contribution in [1.82, 2.24) is 20.4 Å². The van der Waals surface area contributed by atoms with E-state index in [1.165, 1.54) is 0 Å². The van der Waals surface area contributed by atoms with Crippen molar-refractivity contribution in [1.29, 1.82) is 0 Å². The van der Waals surface area contributed by atoms with Crippen LogP contribution in [0.25, 0.3) is 0 Å². The Bertz CT molecular complexity index is 461. The Morgan fingerprint density at radius 3 is 2.86 bits per heavy atom. The van der Waals surface area contributed by atoms with Crippen LogP contribution in [-0.4, -0.2) is 39.5 Å². The van der Waals surface area contributed by atoms with Gasteiger partial charge in [-0.25, -0.2) is 4.79 Å². The van der Waals surface area contributed by atoms with Crippen molar-refractivity contribution < 1.29 is 14.7 Å². The summed E-state index contributed by atoms with van der Waals surface area (Å²) in [7, 11) is 0. The van der Waals surface area contributed by atoms with E-state index >= 15 is 0 Å². The van der Waals surface area contributed by atoms with Crippen LogP contribution < -0.4 is 10.6 Å². The van der Waals surface area contributed by atoms with E-state index in [2.05, 4.69) is 15.7 Å². The summed E-state index contributed by atoms with van der Waals surface area (Å²) in [6.07, 6.45) is 7.63. The van der Waals surface area contributed by atoms with E-state index in [9.17, 15) is 9.59 Å². The van der Waals surface area contributed by atoms with E-state index in [1.54, 1.807) is 10.9 Å². The van der Waals surface area contributed by atoms with Crippen molar-refractivity contribution in [2.24, 2.45) is 5.92 Å². The minimum Gasteiger partial charge on any atom is -0.481 e. The molecule has 21 heavy (non-hydrogen) atoms. The number of carbonyl (C=O) groups excluding carboxylic acids is 1. The van der Waals surface area contributed by atoms with Gasteiger partial charge in [-0.1, -0.05) is 12.8 Å². The lowest BCUT2D eigenvalue weighted by Gasteiger charge is -2.29. The lowest BCUT2D eigenvalue weighted by Crippen LogP contribution is -2.49. The van der Waals surface area contributed by atoms with Crippen LogP contribution in [0.15, 0.2) is 18.5 Å². The van der Waals surface area contributed by atoms with Crippen LogP contribution in [0.1, 0.15) is 32.1 Å². The molecular formula is C14H22N4O3. The van der Waals surface area contributed by atoms with Crippen molar-refractivity contribution in [3.8, 4) is 0 Å². The second-order valence-corrected chi connectivity index (χ2v) is 5.36. The van der Waals surface area contributed by atoms with Crippen molar-refractivity contribution in [2.75, 3.05) is 6.54 Å². The average Bonchev–Trinajstić information content (AvgIpc) is 2.97. The number of rotatable bonds is 6. The molecule has 2 atom stereocenters. The van der Waals surface area contributed by atoms with E-state index < -0.39 is 11.9 Å². The molecule has 7 nitrogen and oxygen atoms in total. The summed E-state index contributed by atoms with van der Waals surface area (Å²) in [5.74, 6) is -1.28. The quantitative estimate of drug-likeness (QED) is 0.687. The number of aliphatic carboxylic acids is 1. The van der Waals surface area contributed by atoms with E-state index in [0.717, 1.165) is 32.2 Å². The Balaban J connectivity index is 1.67. The molecule has 1 aliphatic rings. The minimum atomic E-state index is -0.821. The number of urea groups is 1. The Labute approximate surface area is 123 Å². The summed E-state index contributed by atoms with van der Waals surface area (Å²) in [4.78, 5) is 23.0. The molecule has 0 aliphatic heterocycles. The Kier molecular flexibility index (Phi) is 5.59. The molecule has 1 aromatic heterocycles. The highest BCUT2D eigenvalue weighted by molar-refractivity contribution is 5.76. The third kappa shape index (κ3) is 4.77. The number of hydrogen-bond acceptors (Lipinski definition) is 3. The molecular weight excluding hydrogens is 272 g/mol. The van der Waals surface area contributed by atoms with Crippen LogP contribution >= 0.6 is 0 Å². The van der Waals surface area contributed by atoms with Gasteiger partial charge in [0, 0.05) is 31.5 Å². The fourth-order valence-electron chi connectivity index (χ4n) is 2.69. The summed E-state index contributed by atoms with van der Waals surface area (Å²) in [5, 5.41) is 18.8. The number of carboxylic acid groups (broad SMARTS) is 1. The molecule has 116 valence electrons. The van der Waals surface area contributed by atoms with Crippen molar-refractivity contribution >= 4 is 12.0 Å². The molecule has 3 N–H and O–H groups in total. The highest BCUT2D eigenvalue weighted by atomic mass is 16.4. The maximum atomic E-state index is 11.8. The second-order valence-electron chi connectivity index (χ2n) is 5.36. The molecule has 7 heteroatoms. The topological polar surface area (TPSA) is 96.3 Å². The zero-order valence-electron chi connectivity index (χ0n) is 12.0. The molecule has 0 bridgehead atoms. The highest BCUT2D eigenvalue weighted by Gasteiger charge is 2.31. The number of carboxylic acids is 1. The van der Waals surface area contributed by atoms with Crippen LogP contribution in [0.5, 0.6) is 0 Å². The second kappa shape index (κ2) is 7.66. The average molecular weight is 294 g/mol. The number of aryl methyl sites for hydroxylation is 1. The van der Waals surface area contributed by atoms with E-state index in [-0.39, 0.29) is 12.1 Å². The molecule has 1 fully saturated rings. The number of aromatic nitrogens is 2. The van der Waals surface area contributed by atoms with Crippen molar-refractivity contribution in [3.05, 3.63) is 18.5 Å². The van der Waals surface area contributed by atoms with Crippen LogP contribution in [-0.2, 0) is 11.3 Å².